The van der Waals surface area contributed by atoms with Crippen LogP contribution in [0.5, 0.6) is 0 Å². The summed E-state index contributed by atoms with van der Waals surface area (Å²) in [4.78, 5) is 23.2. The maximum absolute atomic E-state index is 11.6. The van der Waals surface area contributed by atoms with Crippen molar-refractivity contribution in [2.24, 2.45) is 5.92 Å². The molecule has 0 aliphatic carbocycles. The molecule has 0 amide bonds. The van der Waals surface area contributed by atoms with E-state index in [9.17, 15) is 9.59 Å². The Kier molecular flexibility index (Phi) is 5.74. The molecule has 5 nitrogen and oxygen atoms in total. The summed E-state index contributed by atoms with van der Waals surface area (Å²) < 4.78 is 16.4. The van der Waals surface area contributed by atoms with Gasteiger partial charge in [-0.15, -0.1) is 0 Å². The smallest absolute Gasteiger partial charge is 0.482 e. The van der Waals surface area contributed by atoms with Crippen molar-refractivity contribution < 1.29 is 23.2 Å². The van der Waals surface area contributed by atoms with E-state index in [1.807, 2.05) is 30.3 Å². The normalized spacial score (nSPS) is 15.0. The van der Waals surface area contributed by atoms with Crippen molar-refractivity contribution in [3.8, 4) is 0 Å². The summed E-state index contributed by atoms with van der Waals surface area (Å²) in [5, 5.41) is 0.810. The number of hydrogen-bond acceptors (Lipinski definition) is 5. The average molecular weight is 322 g/mol. The molecular weight excluding hydrogens is 300 g/mol. The van der Waals surface area contributed by atoms with Crippen LogP contribution in [0.1, 0.15) is 26.7 Å². The Morgan fingerprint density at radius 2 is 1.73 bits per heavy atom. The molecule has 1 aromatic carbocycles. The van der Waals surface area contributed by atoms with Gasteiger partial charge < -0.3 is 13.6 Å². The van der Waals surface area contributed by atoms with E-state index in [4.69, 9.17) is 13.6 Å². The van der Waals surface area contributed by atoms with Crippen LogP contribution in [0.3, 0.4) is 0 Å². The second-order valence-corrected chi connectivity index (χ2v) is 8.59. The van der Waals surface area contributed by atoms with E-state index >= 15 is 0 Å². The van der Waals surface area contributed by atoms with Gasteiger partial charge in [-0.2, -0.15) is 0 Å². The quantitative estimate of drug-likeness (QED) is 0.717. The Balaban J connectivity index is 2.17. The number of hydrogen-bond donors (Lipinski definition) is 0. The van der Waals surface area contributed by atoms with Gasteiger partial charge in [0, 0.05) is 31.0 Å². The van der Waals surface area contributed by atoms with Crippen LogP contribution >= 0.6 is 0 Å². The Labute approximate surface area is 131 Å². The maximum Gasteiger partial charge on any atom is 0.499 e. The molecule has 22 heavy (non-hydrogen) atoms. The largest absolute Gasteiger partial charge is 0.499 e. The number of rotatable bonds is 7. The molecule has 120 valence electrons. The molecule has 6 heteroatoms. The summed E-state index contributed by atoms with van der Waals surface area (Å²) >= 11 is 0. The van der Waals surface area contributed by atoms with E-state index in [0.717, 1.165) is 31.2 Å². The minimum Gasteiger partial charge on any atom is -0.482 e. The summed E-state index contributed by atoms with van der Waals surface area (Å²) in [6, 6.07) is 9.92. The van der Waals surface area contributed by atoms with Crippen LogP contribution in [-0.4, -0.2) is 33.7 Å². The van der Waals surface area contributed by atoms with Crippen LogP contribution in [0, 0.1) is 5.92 Å². The van der Waals surface area contributed by atoms with E-state index in [1.165, 1.54) is 13.8 Å². The minimum absolute atomic E-state index is 0.413. The first kappa shape index (κ1) is 16.7. The molecule has 0 unspecified atom stereocenters. The lowest BCUT2D eigenvalue weighted by Gasteiger charge is -2.31. The SMILES string of the molecule is CC(=O)O[Si](CCCC1COC1)(OC(C)=O)c1ccccc1. The summed E-state index contributed by atoms with van der Waals surface area (Å²) in [7, 11) is -3.09. The van der Waals surface area contributed by atoms with E-state index in [2.05, 4.69) is 0 Å². The highest BCUT2D eigenvalue weighted by atomic mass is 28.4. The summed E-state index contributed by atoms with van der Waals surface area (Å²) in [5.74, 6) is -0.260. The monoisotopic (exact) mass is 322 g/mol. The second kappa shape index (κ2) is 7.55. The first-order valence-electron chi connectivity index (χ1n) is 7.54. The zero-order chi connectivity index (χ0) is 16.0. The van der Waals surface area contributed by atoms with Crippen molar-refractivity contribution in [1.82, 2.24) is 0 Å². The van der Waals surface area contributed by atoms with Crippen molar-refractivity contribution in [3.05, 3.63) is 30.3 Å². The standard InChI is InChI=1S/C16H22O5Si/c1-13(17)20-22(21-14(2)18,16-8-4-3-5-9-16)10-6-7-15-11-19-12-15/h3-5,8-9,15H,6-7,10-12H2,1-2H3. The Morgan fingerprint density at radius 3 is 2.18 bits per heavy atom. The first-order valence-corrected chi connectivity index (χ1v) is 9.56. The number of ether oxygens (including phenoxy) is 1. The van der Waals surface area contributed by atoms with Gasteiger partial charge in [-0.25, -0.2) is 0 Å². The lowest BCUT2D eigenvalue weighted by molar-refractivity contribution is -0.138. The van der Waals surface area contributed by atoms with E-state index < -0.39 is 20.5 Å². The van der Waals surface area contributed by atoms with Crippen LogP contribution in [0.2, 0.25) is 6.04 Å². The van der Waals surface area contributed by atoms with Gasteiger partial charge in [-0.1, -0.05) is 30.3 Å². The van der Waals surface area contributed by atoms with Gasteiger partial charge in [-0.05, 0) is 12.8 Å². The third kappa shape index (κ3) is 4.41. The van der Waals surface area contributed by atoms with Crippen LogP contribution in [0.25, 0.3) is 0 Å². The van der Waals surface area contributed by atoms with Crippen molar-refractivity contribution in [2.45, 2.75) is 32.7 Å². The lowest BCUT2D eigenvalue weighted by Crippen LogP contribution is -2.55. The van der Waals surface area contributed by atoms with Crippen molar-refractivity contribution in [3.63, 3.8) is 0 Å². The molecule has 2 rings (SSSR count). The number of carbonyl (C=O) groups excluding carboxylic acids is 2. The van der Waals surface area contributed by atoms with Gasteiger partial charge in [0.1, 0.15) is 0 Å². The zero-order valence-corrected chi connectivity index (χ0v) is 14.0. The Hall–Kier alpha value is -1.66. The fourth-order valence-electron chi connectivity index (χ4n) is 2.62. The summed E-state index contributed by atoms with van der Waals surface area (Å²) in [5.41, 5.74) is 0. The summed E-state index contributed by atoms with van der Waals surface area (Å²) in [6.45, 7) is 4.30. The summed E-state index contributed by atoms with van der Waals surface area (Å²) in [6.07, 6.45) is 1.83. The second-order valence-electron chi connectivity index (χ2n) is 5.60. The zero-order valence-electron chi connectivity index (χ0n) is 13.0. The van der Waals surface area contributed by atoms with E-state index in [0.29, 0.717) is 12.0 Å². The van der Waals surface area contributed by atoms with Gasteiger partial charge in [0.25, 0.3) is 11.9 Å². The Bertz CT molecular complexity index is 497. The van der Waals surface area contributed by atoms with Gasteiger partial charge in [-0.3, -0.25) is 9.59 Å². The van der Waals surface area contributed by atoms with Gasteiger partial charge >= 0.3 is 8.56 Å². The molecule has 1 saturated heterocycles. The molecule has 0 bridgehead atoms. The van der Waals surface area contributed by atoms with Gasteiger partial charge in [0.2, 0.25) is 0 Å². The molecule has 0 aromatic heterocycles. The Morgan fingerprint density at radius 1 is 1.14 bits per heavy atom. The predicted octanol–water partition coefficient (Wildman–Crippen LogP) is 1.89. The highest BCUT2D eigenvalue weighted by Gasteiger charge is 2.46. The third-order valence-corrected chi connectivity index (χ3v) is 7.12. The fourth-order valence-corrected chi connectivity index (χ4v) is 5.68. The minimum atomic E-state index is -3.09. The van der Waals surface area contributed by atoms with Crippen LogP contribution in [0.15, 0.2) is 30.3 Å². The number of carbonyl (C=O) groups is 2. The van der Waals surface area contributed by atoms with Crippen molar-refractivity contribution >= 4 is 25.7 Å². The van der Waals surface area contributed by atoms with Gasteiger partial charge in [0.15, 0.2) is 0 Å². The molecule has 0 atom stereocenters. The fraction of sp³-hybridized carbons (Fsp3) is 0.500. The van der Waals surface area contributed by atoms with Crippen LogP contribution < -0.4 is 5.19 Å². The van der Waals surface area contributed by atoms with E-state index in [-0.39, 0.29) is 0 Å². The molecular formula is C16H22O5Si. The molecule has 1 aliphatic rings. The number of benzene rings is 1. The topological polar surface area (TPSA) is 61.8 Å². The highest BCUT2D eigenvalue weighted by molar-refractivity contribution is 6.83. The molecule has 0 N–H and O–H groups in total. The molecule has 1 fully saturated rings. The highest BCUT2D eigenvalue weighted by Crippen LogP contribution is 2.23. The molecule has 1 heterocycles. The van der Waals surface area contributed by atoms with Crippen molar-refractivity contribution in [2.75, 3.05) is 13.2 Å². The molecule has 0 spiro atoms. The van der Waals surface area contributed by atoms with E-state index in [1.54, 1.807) is 0 Å². The van der Waals surface area contributed by atoms with Crippen LogP contribution in [-0.2, 0) is 23.2 Å². The molecule has 1 aromatic rings. The lowest BCUT2D eigenvalue weighted by atomic mass is 10.0. The first-order chi connectivity index (χ1) is 10.5. The van der Waals surface area contributed by atoms with Gasteiger partial charge in [0.05, 0.1) is 13.2 Å². The third-order valence-electron chi connectivity index (χ3n) is 3.66. The average Bonchev–Trinajstić information content (AvgIpc) is 2.41. The van der Waals surface area contributed by atoms with Crippen molar-refractivity contribution in [1.29, 1.82) is 0 Å². The molecule has 1 aliphatic heterocycles. The maximum atomic E-state index is 11.6. The molecule has 0 radical (unpaired) electrons. The van der Waals surface area contributed by atoms with Crippen LogP contribution in [0.4, 0.5) is 0 Å². The predicted molar refractivity (Wildman–Crippen MR) is 83.7 cm³/mol. The molecule has 0 saturated carbocycles.